The quantitative estimate of drug-likeness (QED) is 0.376. The van der Waals surface area contributed by atoms with Gasteiger partial charge in [0.2, 0.25) is 5.95 Å². The first-order valence-electron chi connectivity index (χ1n) is 14.7. The number of anilines is 3. The van der Waals surface area contributed by atoms with Crippen molar-refractivity contribution in [2.75, 3.05) is 36.4 Å². The number of aliphatic hydroxyl groups is 1. The molecule has 44 heavy (non-hydrogen) atoms. The Morgan fingerprint density at radius 3 is 2.27 bits per heavy atom. The Hall–Kier alpha value is -2.65. The highest BCUT2D eigenvalue weighted by Gasteiger charge is 2.56. The van der Waals surface area contributed by atoms with E-state index in [4.69, 9.17) is 0 Å². The fourth-order valence-corrected chi connectivity index (χ4v) is 8.77. The van der Waals surface area contributed by atoms with E-state index in [-0.39, 0.29) is 29.2 Å². The number of rotatable bonds is 6. The third kappa shape index (κ3) is 6.23. The number of hydrogen-bond donors (Lipinski definition) is 2. The number of sulfone groups is 1. The summed E-state index contributed by atoms with van der Waals surface area (Å²) in [5.41, 5.74) is -3.66. The lowest BCUT2D eigenvalue weighted by molar-refractivity contribution is -0.261. The van der Waals surface area contributed by atoms with E-state index in [1.165, 1.54) is 18.2 Å². The van der Waals surface area contributed by atoms with Gasteiger partial charge in [-0.2, -0.15) is 31.3 Å². The van der Waals surface area contributed by atoms with Crippen LogP contribution in [0.3, 0.4) is 0 Å². The summed E-state index contributed by atoms with van der Waals surface area (Å²) in [6, 6.07) is 4.85. The van der Waals surface area contributed by atoms with Crippen LogP contribution in [0.2, 0.25) is 0 Å². The number of β-amino-alcohol motifs (C(OH)–C–C–N with tert-alkyl or cyclic N) is 1. The molecule has 3 aliphatic rings. The molecule has 5 rings (SSSR count). The molecule has 2 aromatic rings. The maximum atomic E-state index is 13.8. The fourth-order valence-electron chi connectivity index (χ4n) is 6.64. The highest BCUT2D eigenvalue weighted by Crippen LogP contribution is 2.53. The average Bonchev–Trinajstić information content (AvgIpc) is 2.91. The Labute approximate surface area is 252 Å². The van der Waals surface area contributed by atoms with E-state index in [0.717, 1.165) is 30.8 Å². The number of aryl methyl sites for hydroxylation is 1. The van der Waals surface area contributed by atoms with E-state index in [1.54, 1.807) is 6.92 Å². The zero-order valence-corrected chi connectivity index (χ0v) is 25.6. The Balaban J connectivity index is 1.33. The van der Waals surface area contributed by atoms with Gasteiger partial charge in [-0.25, -0.2) is 13.4 Å². The Bertz CT molecular complexity index is 1480. The zero-order valence-electron chi connectivity index (χ0n) is 24.8. The predicted octanol–water partition coefficient (Wildman–Crippen LogP) is 5.87. The third-order valence-corrected chi connectivity index (χ3v) is 11.6. The molecule has 1 saturated carbocycles. The molecule has 3 heterocycles. The lowest BCUT2D eigenvalue weighted by atomic mass is 9.63. The van der Waals surface area contributed by atoms with Crippen molar-refractivity contribution in [2.45, 2.75) is 93.4 Å². The maximum absolute atomic E-state index is 13.8. The first-order valence-corrected chi connectivity index (χ1v) is 16.2. The second-order valence-corrected chi connectivity index (χ2v) is 15.0. The van der Waals surface area contributed by atoms with Crippen LogP contribution in [-0.4, -0.2) is 77.6 Å². The van der Waals surface area contributed by atoms with Gasteiger partial charge in [-0.15, -0.1) is 0 Å². The van der Waals surface area contributed by atoms with E-state index in [9.17, 15) is 39.9 Å². The van der Waals surface area contributed by atoms with Crippen LogP contribution in [0.15, 0.2) is 29.3 Å². The van der Waals surface area contributed by atoms with Gasteiger partial charge in [0.1, 0.15) is 11.4 Å². The van der Waals surface area contributed by atoms with Gasteiger partial charge < -0.3 is 20.2 Å². The van der Waals surface area contributed by atoms with Crippen molar-refractivity contribution in [3.05, 3.63) is 35.5 Å². The molecule has 2 aliphatic heterocycles. The topological polar surface area (TPSA) is 98.7 Å². The molecule has 3 fully saturated rings. The van der Waals surface area contributed by atoms with E-state index in [0.29, 0.717) is 36.3 Å². The number of alkyl halides is 6. The van der Waals surface area contributed by atoms with Gasteiger partial charge in [0, 0.05) is 24.5 Å². The number of nitrogens with zero attached hydrogens (tertiary/aromatic N) is 4. The van der Waals surface area contributed by atoms with Crippen LogP contribution in [0.4, 0.5) is 43.8 Å². The monoisotopic (exact) mass is 649 g/mol. The molecule has 8 nitrogen and oxygen atoms in total. The molecule has 1 aliphatic carbocycles. The summed E-state index contributed by atoms with van der Waals surface area (Å²) >= 11 is 0. The number of benzene rings is 1. The average molecular weight is 650 g/mol. The van der Waals surface area contributed by atoms with Crippen molar-refractivity contribution >= 4 is 27.3 Å². The Kier molecular flexibility index (Phi) is 8.41. The molecule has 2 N–H and O–H groups in total. The van der Waals surface area contributed by atoms with Crippen molar-refractivity contribution in [3.8, 4) is 0 Å². The fraction of sp³-hybridized carbons (Fsp3) is 0.655. The van der Waals surface area contributed by atoms with Crippen molar-refractivity contribution < 1.29 is 39.9 Å². The van der Waals surface area contributed by atoms with Crippen molar-refractivity contribution in [3.63, 3.8) is 0 Å². The lowest BCUT2D eigenvalue weighted by Gasteiger charge is -2.52. The lowest BCUT2D eigenvalue weighted by Crippen LogP contribution is -2.57. The summed E-state index contributed by atoms with van der Waals surface area (Å²) in [5, 5.41) is 12.5. The number of likely N-dealkylation sites (tertiary alicyclic amines) is 1. The van der Waals surface area contributed by atoms with Crippen LogP contribution < -0.4 is 10.2 Å². The molecule has 244 valence electrons. The first-order chi connectivity index (χ1) is 20.3. The van der Waals surface area contributed by atoms with Crippen molar-refractivity contribution in [1.82, 2.24) is 14.9 Å². The molecule has 0 radical (unpaired) electrons. The molecule has 1 unspecified atom stereocenters. The summed E-state index contributed by atoms with van der Waals surface area (Å²) in [6.07, 6.45) is -7.18. The highest BCUT2D eigenvalue weighted by atomic mass is 32.2. The van der Waals surface area contributed by atoms with Crippen LogP contribution >= 0.6 is 0 Å². The molecule has 1 aromatic heterocycles. The van der Waals surface area contributed by atoms with E-state index >= 15 is 0 Å². The predicted molar refractivity (Wildman–Crippen MR) is 153 cm³/mol. The molecular formula is C29H37F6N5O3S. The third-order valence-electron chi connectivity index (χ3n) is 9.49. The minimum absolute atomic E-state index is 0.0570. The summed E-state index contributed by atoms with van der Waals surface area (Å²) in [5.74, 6) is -1.10. The van der Waals surface area contributed by atoms with E-state index in [1.807, 2.05) is 0 Å². The number of nitrogens with one attached hydrogen (secondary N) is 1. The first kappa shape index (κ1) is 32.7. The highest BCUT2D eigenvalue weighted by molar-refractivity contribution is 7.92. The normalized spacial score (nSPS) is 23.7. The SMILES string of the molecule is Cc1cc(S(=O)(=O)C2CC3(CCN(C(C)C)CC3)C2)ccc1Nc1ncc(C(F)(F)F)c(N2CCCC(O)(C(F)(F)F)C2)n1. The van der Waals surface area contributed by atoms with Crippen molar-refractivity contribution in [1.29, 1.82) is 0 Å². The molecule has 1 aromatic carbocycles. The molecule has 2 saturated heterocycles. The van der Waals surface area contributed by atoms with Gasteiger partial charge in [0.05, 0.1) is 16.7 Å². The number of halogens is 6. The largest absolute Gasteiger partial charge is 0.421 e. The Morgan fingerprint density at radius 1 is 1.05 bits per heavy atom. The molecule has 0 bridgehead atoms. The molecule has 0 amide bonds. The van der Waals surface area contributed by atoms with E-state index < -0.39 is 57.4 Å². The van der Waals surface area contributed by atoms with Gasteiger partial charge in [0.15, 0.2) is 15.4 Å². The van der Waals surface area contributed by atoms with Gasteiger partial charge in [-0.3, -0.25) is 0 Å². The smallest absolute Gasteiger partial charge is 0.379 e. The summed E-state index contributed by atoms with van der Waals surface area (Å²) in [7, 11) is -3.61. The minimum Gasteiger partial charge on any atom is -0.379 e. The van der Waals surface area contributed by atoms with Crippen LogP contribution in [0.1, 0.15) is 63.5 Å². The number of piperidine rings is 2. The number of hydrogen-bond acceptors (Lipinski definition) is 8. The zero-order chi connectivity index (χ0) is 32.3. The van der Waals surface area contributed by atoms with Crippen LogP contribution in [0, 0.1) is 12.3 Å². The standard InChI is InChI=1S/C29H37F6N5O3S/c1-18(2)39-11-8-26(9-12-39)14-21(15-26)44(42,43)20-5-6-23(19(3)13-20)37-25-36-16-22(28(30,31)32)24(38-25)40-10-4-7-27(41,17-40)29(33,34)35/h5-6,13,16,18,21,41H,4,7-12,14-15,17H2,1-3H3,(H,36,37,38). The van der Waals surface area contributed by atoms with Gasteiger partial charge in [-0.1, -0.05) is 0 Å². The number of aromatic nitrogens is 2. The van der Waals surface area contributed by atoms with Crippen LogP contribution in [-0.2, 0) is 16.0 Å². The maximum Gasteiger partial charge on any atom is 0.421 e. The van der Waals surface area contributed by atoms with Crippen LogP contribution in [0.5, 0.6) is 0 Å². The van der Waals surface area contributed by atoms with Gasteiger partial charge in [0.25, 0.3) is 0 Å². The van der Waals surface area contributed by atoms with E-state index in [2.05, 4.69) is 34.0 Å². The molecule has 1 atom stereocenters. The van der Waals surface area contributed by atoms with Crippen LogP contribution in [0.25, 0.3) is 0 Å². The molecule has 1 spiro atoms. The van der Waals surface area contributed by atoms with Gasteiger partial charge in [-0.05, 0) is 102 Å². The Morgan fingerprint density at radius 2 is 1.70 bits per heavy atom. The molecular weight excluding hydrogens is 612 g/mol. The minimum atomic E-state index is -5.04. The second-order valence-electron chi connectivity index (χ2n) is 12.8. The second kappa shape index (κ2) is 11.3. The summed E-state index contributed by atoms with van der Waals surface area (Å²) < 4.78 is 109. The van der Waals surface area contributed by atoms with Crippen molar-refractivity contribution in [2.24, 2.45) is 5.41 Å². The van der Waals surface area contributed by atoms with Gasteiger partial charge >= 0.3 is 12.4 Å². The summed E-state index contributed by atoms with van der Waals surface area (Å²) in [6.45, 7) is 6.56. The molecule has 15 heteroatoms. The summed E-state index contributed by atoms with van der Waals surface area (Å²) in [4.78, 5) is 11.0.